The summed E-state index contributed by atoms with van der Waals surface area (Å²) in [7, 11) is 0. The molecule has 2 aromatic heterocycles. The minimum atomic E-state index is 0.613. The first-order chi connectivity index (χ1) is 12.7. The third-order valence-corrected chi connectivity index (χ3v) is 6.08. The summed E-state index contributed by atoms with van der Waals surface area (Å²) >= 11 is 7.72. The molecule has 3 heterocycles. The van der Waals surface area contributed by atoms with E-state index >= 15 is 0 Å². The lowest BCUT2D eigenvalue weighted by atomic mass is 10.1. The number of aromatic nitrogens is 2. The first kappa shape index (κ1) is 17.7. The highest BCUT2D eigenvalue weighted by Crippen LogP contribution is 2.20. The zero-order valence-electron chi connectivity index (χ0n) is 14.8. The molecule has 1 saturated heterocycles. The van der Waals surface area contributed by atoms with E-state index in [4.69, 9.17) is 16.0 Å². The van der Waals surface area contributed by atoms with Crippen LogP contribution in [-0.2, 0) is 13.1 Å². The Morgan fingerprint density at radius 3 is 2.50 bits per heavy atom. The van der Waals surface area contributed by atoms with Gasteiger partial charge in [0.15, 0.2) is 6.54 Å². The summed E-state index contributed by atoms with van der Waals surface area (Å²) in [5, 5.41) is 8.47. The van der Waals surface area contributed by atoms with E-state index in [1.165, 1.54) is 15.3 Å². The molecule has 7 heteroatoms. The Labute approximate surface area is 162 Å². The number of hydrogen-bond donors (Lipinski definition) is 2. The maximum absolute atomic E-state index is 6.03. The van der Waals surface area contributed by atoms with E-state index in [1.54, 1.807) is 16.2 Å². The van der Waals surface area contributed by atoms with Gasteiger partial charge in [-0.25, -0.2) is 0 Å². The second-order valence-electron chi connectivity index (χ2n) is 6.93. The third kappa shape index (κ3) is 4.32. The van der Waals surface area contributed by atoms with Gasteiger partial charge in [0.25, 0.3) is 5.89 Å². The monoisotopic (exact) mass is 390 g/mol. The highest BCUT2D eigenvalue weighted by molar-refractivity contribution is 7.16. The van der Waals surface area contributed by atoms with Crippen molar-refractivity contribution >= 4 is 22.9 Å². The van der Waals surface area contributed by atoms with Gasteiger partial charge in [0, 0.05) is 5.56 Å². The van der Waals surface area contributed by atoms with Crippen LogP contribution in [0.4, 0.5) is 0 Å². The van der Waals surface area contributed by atoms with Crippen LogP contribution in [0.3, 0.4) is 0 Å². The number of piperazine rings is 1. The topological polar surface area (TPSA) is 47.8 Å². The van der Waals surface area contributed by atoms with Crippen LogP contribution in [0, 0.1) is 6.92 Å². The Kier molecular flexibility index (Phi) is 5.36. The predicted molar refractivity (Wildman–Crippen MR) is 103 cm³/mol. The van der Waals surface area contributed by atoms with Gasteiger partial charge >= 0.3 is 0 Å². The molecule has 0 bridgehead atoms. The molecule has 26 heavy (non-hydrogen) atoms. The molecule has 1 aliphatic rings. The maximum Gasteiger partial charge on any atom is 0.271 e. The molecule has 0 atom stereocenters. The molecule has 1 aromatic carbocycles. The molecule has 0 amide bonds. The van der Waals surface area contributed by atoms with Crippen molar-refractivity contribution in [2.45, 2.75) is 20.0 Å². The number of quaternary nitrogens is 2. The number of hydrogen-bond acceptors (Lipinski definition) is 4. The van der Waals surface area contributed by atoms with Crippen LogP contribution < -0.4 is 9.80 Å². The molecule has 2 N–H and O–H groups in total. The van der Waals surface area contributed by atoms with Gasteiger partial charge < -0.3 is 14.2 Å². The van der Waals surface area contributed by atoms with Crippen molar-refractivity contribution in [3.05, 3.63) is 57.1 Å². The minimum Gasteiger partial charge on any atom is -0.415 e. The van der Waals surface area contributed by atoms with Crippen molar-refractivity contribution in [2.75, 3.05) is 26.2 Å². The van der Waals surface area contributed by atoms with Gasteiger partial charge in [0.2, 0.25) is 5.89 Å². The molecule has 5 nitrogen and oxygen atoms in total. The highest BCUT2D eigenvalue weighted by Gasteiger charge is 2.25. The van der Waals surface area contributed by atoms with E-state index in [0.29, 0.717) is 5.89 Å². The van der Waals surface area contributed by atoms with Crippen molar-refractivity contribution < 1.29 is 14.2 Å². The van der Waals surface area contributed by atoms with E-state index in [0.717, 1.165) is 55.1 Å². The predicted octanol–water partition coefficient (Wildman–Crippen LogP) is 1.24. The third-order valence-electron chi connectivity index (χ3n) is 4.85. The lowest BCUT2D eigenvalue weighted by Crippen LogP contribution is -3.27. The average Bonchev–Trinajstić information content (AvgIpc) is 3.26. The van der Waals surface area contributed by atoms with E-state index in [-0.39, 0.29) is 0 Å². The second kappa shape index (κ2) is 7.88. The van der Waals surface area contributed by atoms with E-state index in [1.807, 2.05) is 18.2 Å². The van der Waals surface area contributed by atoms with E-state index in [2.05, 4.69) is 35.3 Å². The minimum absolute atomic E-state index is 0.613. The summed E-state index contributed by atoms with van der Waals surface area (Å²) in [6.45, 7) is 8.50. The molecule has 0 radical (unpaired) electrons. The first-order valence-corrected chi connectivity index (χ1v) is 10.2. The van der Waals surface area contributed by atoms with Gasteiger partial charge in [-0.3, -0.25) is 0 Å². The molecule has 3 aromatic rings. The van der Waals surface area contributed by atoms with Crippen molar-refractivity contribution in [1.82, 2.24) is 10.2 Å². The van der Waals surface area contributed by atoms with Crippen LogP contribution in [0.1, 0.15) is 16.3 Å². The average molecular weight is 391 g/mol. The number of nitrogens with zero attached hydrogens (tertiary/aromatic N) is 2. The largest absolute Gasteiger partial charge is 0.415 e. The highest BCUT2D eigenvalue weighted by atomic mass is 35.5. The number of rotatable bonds is 5. The maximum atomic E-state index is 6.03. The first-order valence-electron chi connectivity index (χ1n) is 8.96. The van der Waals surface area contributed by atoms with E-state index in [9.17, 15) is 0 Å². The molecule has 0 saturated carbocycles. The van der Waals surface area contributed by atoms with Gasteiger partial charge in [-0.1, -0.05) is 29.3 Å². The number of nitrogens with one attached hydrogen (secondary N) is 2. The number of halogens is 1. The smallest absolute Gasteiger partial charge is 0.271 e. The molecule has 0 unspecified atom stereocenters. The lowest BCUT2D eigenvalue weighted by molar-refractivity contribution is -1.02. The molecule has 136 valence electrons. The van der Waals surface area contributed by atoms with Gasteiger partial charge in [-0.15, -0.1) is 21.5 Å². The van der Waals surface area contributed by atoms with Crippen LogP contribution in [0.2, 0.25) is 4.34 Å². The molecular weight excluding hydrogens is 368 g/mol. The summed E-state index contributed by atoms with van der Waals surface area (Å²) in [5.41, 5.74) is 2.18. The van der Waals surface area contributed by atoms with Gasteiger partial charge in [0.05, 0.1) is 9.21 Å². The van der Waals surface area contributed by atoms with Crippen molar-refractivity contribution in [3.63, 3.8) is 0 Å². The van der Waals surface area contributed by atoms with Crippen LogP contribution in [-0.4, -0.2) is 36.4 Å². The fourth-order valence-electron chi connectivity index (χ4n) is 3.44. The molecular formula is C19H23ClN4OS+2. The molecule has 0 spiro atoms. The van der Waals surface area contributed by atoms with Gasteiger partial charge in [-0.05, 0) is 31.2 Å². The number of aryl methyl sites for hydroxylation is 1. The molecule has 4 rings (SSSR count). The van der Waals surface area contributed by atoms with Crippen molar-refractivity contribution in [3.8, 4) is 11.5 Å². The Hall–Kier alpha value is -1.73. The Bertz CT molecular complexity index is 870. The number of benzene rings is 1. The zero-order valence-corrected chi connectivity index (χ0v) is 16.4. The quantitative estimate of drug-likeness (QED) is 0.689. The standard InChI is InChI=1S/C19H21ClN4OS/c1-14-3-2-4-15(11-14)19-22-21-18(25-19)13-24-9-7-23(8-10-24)12-16-5-6-17(20)26-16/h2-6,11H,7-10,12-13H2,1H3/p+2. The van der Waals surface area contributed by atoms with Crippen LogP contribution in [0.5, 0.6) is 0 Å². The van der Waals surface area contributed by atoms with Gasteiger partial charge in [-0.2, -0.15) is 0 Å². The summed E-state index contributed by atoms with van der Waals surface area (Å²) < 4.78 is 6.77. The molecule has 1 fully saturated rings. The summed E-state index contributed by atoms with van der Waals surface area (Å²) in [5.74, 6) is 1.34. The van der Waals surface area contributed by atoms with Crippen LogP contribution in [0.25, 0.3) is 11.5 Å². The van der Waals surface area contributed by atoms with Crippen LogP contribution >= 0.6 is 22.9 Å². The van der Waals surface area contributed by atoms with Gasteiger partial charge in [0.1, 0.15) is 32.7 Å². The Morgan fingerprint density at radius 2 is 1.81 bits per heavy atom. The molecule has 0 aliphatic carbocycles. The van der Waals surface area contributed by atoms with Crippen molar-refractivity contribution in [1.29, 1.82) is 0 Å². The van der Waals surface area contributed by atoms with Crippen LogP contribution in [0.15, 0.2) is 40.8 Å². The SMILES string of the molecule is Cc1cccc(-c2nnc(C[NH+]3CC[NH+](Cc4ccc(Cl)s4)CC3)o2)c1. The Morgan fingerprint density at radius 1 is 1.04 bits per heavy atom. The normalized spacial score (nSPS) is 20.4. The fraction of sp³-hybridized carbons (Fsp3) is 0.368. The lowest BCUT2D eigenvalue weighted by Gasteiger charge is -2.28. The Balaban J connectivity index is 1.30. The second-order valence-corrected chi connectivity index (χ2v) is 8.73. The number of thiophene rings is 1. The van der Waals surface area contributed by atoms with Crippen molar-refractivity contribution in [2.24, 2.45) is 0 Å². The summed E-state index contributed by atoms with van der Waals surface area (Å²) in [4.78, 5) is 4.50. The zero-order chi connectivity index (χ0) is 17.9. The van der Waals surface area contributed by atoms with E-state index < -0.39 is 0 Å². The fourth-order valence-corrected chi connectivity index (χ4v) is 4.60. The molecule has 1 aliphatic heterocycles. The summed E-state index contributed by atoms with van der Waals surface area (Å²) in [6.07, 6.45) is 0. The summed E-state index contributed by atoms with van der Waals surface area (Å²) in [6, 6.07) is 12.3.